The van der Waals surface area contributed by atoms with Crippen molar-refractivity contribution in [3.63, 3.8) is 0 Å². The van der Waals surface area contributed by atoms with Gasteiger partial charge in [-0.25, -0.2) is 0 Å². The molecule has 0 aliphatic heterocycles. The topological polar surface area (TPSA) is 0 Å². The first-order valence-corrected chi connectivity index (χ1v) is 12.3. The van der Waals surface area contributed by atoms with E-state index >= 15 is 0 Å². The van der Waals surface area contributed by atoms with E-state index in [-0.39, 0.29) is 0 Å². The van der Waals surface area contributed by atoms with Crippen molar-refractivity contribution in [2.75, 3.05) is 0 Å². The van der Waals surface area contributed by atoms with Gasteiger partial charge in [0.1, 0.15) is 0 Å². The van der Waals surface area contributed by atoms with Crippen LogP contribution in [0.15, 0.2) is 0 Å². The smallest absolute Gasteiger partial charge is 0.171 e. The van der Waals surface area contributed by atoms with E-state index in [1.807, 2.05) is 13.8 Å². The molecular formula is C25H43F3. The van der Waals surface area contributed by atoms with Crippen molar-refractivity contribution in [2.45, 2.75) is 105 Å². The molecule has 28 heavy (non-hydrogen) atoms. The zero-order valence-electron chi connectivity index (χ0n) is 18.8. The molecule has 0 nitrogen and oxygen atoms in total. The van der Waals surface area contributed by atoms with E-state index in [0.29, 0.717) is 30.1 Å². The van der Waals surface area contributed by atoms with Crippen LogP contribution in [0.5, 0.6) is 0 Å². The van der Waals surface area contributed by atoms with Crippen molar-refractivity contribution in [2.24, 2.45) is 52.8 Å². The van der Waals surface area contributed by atoms with Crippen molar-refractivity contribution in [3.05, 3.63) is 0 Å². The third-order valence-corrected chi connectivity index (χ3v) is 9.82. The van der Waals surface area contributed by atoms with Crippen LogP contribution in [0.25, 0.3) is 0 Å². The van der Waals surface area contributed by atoms with Gasteiger partial charge in [0.05, 0.1) is 5.92 Å². The van der Waals surface area contributed by atoms with Gasteiger partial charge in [-0.2, -0.15) is 13.2 Å². The SMILES string of the molecule is CC.CCC(C)C1CCC2C3CCC4CC(C(F)(F)F)CCC4C3CCC12C. The maximum atomic E-state index is 13.2. The van der Waals surface area contributed by atoms with Gasteiger partial charge in [-0.1, -0.05) is 41.0 Å². The van der Waals surface area contributed by atoms with Crippen molar-refractivity contribution >= 4 is 0 Å². The lowest BCUT2D eigenvalue weighted by molar-refractivity contribution is -0.196. The summed E-state index contributed by atoms with van der Waals surface area (Å²) < 4.78 is 39.6. The van der Waals surface area contributed by atoms with Crippen LogP contribution in [-0.4, -0.2) is 6.18 Å². The van der Waals surface area contributed by atoms with Gasteiger partial charge >= 0.3 is 6.18 Å². The highest BCUT2D eigenvalue weighted by atomic mass is 19.4. The van der Waals surface area contributed by atoms with Crippen LogP contribution < -0.4 is 0 Å². The second kappa shape index (κ2) is 8.50. The lowest BCUT2D eigenvalue weighted by atomic mass is 9.48. The molecule has 0 bridgehead atoms. The predicted octanol–water partition coefficient (Wildman–Crippen LogP) is 8.51. The number of rotatable bonds is 2. The van der Waals surface area contributed by atoms with Crippen LogP contribution in [0.2, 0.25) is 0 Å². The summed E-state index contributed by atoms with van der Waals surface area (Å²) in [6, 6.07) is 0. The molecule has 164 valence electrons. The van der Waals surface area contributed by atoms with Crippen molar-refractivity contribution < 1.29 is 13.2 Å². The molecular weight excluding hydrogens is 357 g/mol. The van der Waals surface area contributed by atoms with Crippen LogP contribution in [0.1, 0.15) is 98.8 Å². The maximum Gasteiger partial charge on any atom is 0.391 e. The lowest BCUT2D eigenvalue weighted by Gasteiger charge is -2.57. The Morgan fingerprint density at radius 1 is 0.893 bits per heavy atom. The van der Waals surface area contributed by atoms with E-state index < -0.39 is 12.1 Å². The third kappa shape index (κ3) is 3.78. The standard InChI is InChI=1S/C23H37F3.C2H6/c1-4-14(2)20-9-10-21-19-7-5-15-13-16(23(24,25)26)6-8-17(15)18(19)11-12-22(20,21)3;1-2/h14-21H,4-13H2,1-3H3;1-2H3. The molecule has 0 aromatic carbocycles. The van der Waals surface area contributed by atoms with Crippen molar-refractivity contribution in [3.8, 4) is 0 Å². The number of hydrogen-bond acceptors (Lipinski definition) is 0. The predicted molar refractivity (Wildman–Crippen MR) is 111 cm³/mol. The van der Waals surface area contributed by atoms with Gasteiger partial charge in [0, 0.05) is 0 Å². The monoisotopic (exact) mass is 400 g/mol. The van der Waals surface area contributed by atoms with Gasteiger partial charge in [0.25, 0.3) is 0 Å². The van der Waals surface area contributed by atoms with E-state index in [9.17, 15) is 13.2 Å². The second-order valence-corrected chi connectivity index (χ2v) is 10.6. The van der Waals surface area contributed by atoms with E-state index in [1.54, 1.807) is 0 Å². The molecule has 4 saturated carbocycles. The number of alkyl halides is 3. The first-order valence-electron chi connectivity index (χ1n) is 12.3. The summed E-state index contributed by atoms with van der Waals surface area (Å²) in [5, 5.41) is 0. The Bertz CT molecular complexity index is 512. The van der Waals surface area contributed by atoms with E-state index in [0.717, 1.165) is 42.4 Å². The largest absolute Gasteiger partial charge is 0.391 e. The minimum Gasteiger partial charge on any atom is -0.171 e. The zero-order valence-corrected chi connectivity index (χ0v) is 18.8. The van der Waals surface area contributed by atoms with Crippen molar-refractivity contribution in [1.29, 1.82) is 0 Å². The molecule has 4 fully saturated rings. The van der Waals surface area contributed by atoms with Gasteiger partial charge in [0.2, 0.25) is 0 Å². The summed E-state index contributed by atoms with van der Waals surface area (Å²) in [6.07, 6.45) is 6.66. The maximum absolute atomic E-state index is 13.2. The van der Waals surface area contributed by atoms with E-state index in [2.05, 4.69) is 20.8 Å². The Morgan fingerprint density at radius 3 is 2.21 bits per heavy atom. The molecule has 3 heteroatoms. The quantitative estimate of drug-likeness (QED) is 0.436. The van der Waals surface area contributed by atoms with Crippen LogP contribution in [-0.2, 0) is 0 Å². The van der Waals surface area contributed by atoms with E-state index in [1.165, 1.54) is 38.5 Å². The summed E-state index contributed by atoms with van der Waals surface area (Å²) >= 11 is 0. The molecule has 9 atom stereocenters. The minimum atomic E-state index is -3.97. The van der Waals surface area contributed by atoms with Gasteiger partial charge in [-0.05, 0) is 105 Å². The minimum absolute atomic E-state index is 0.354. The number of halogens is 3. The van der Waals surface area contributed by atoms with Gasteiger partial charge in [0.15, 0.2) is 0 Å². The highest BCUT2D eigenvalue weighted by Gasteiger charge is 2.58. The Morgan fingerprint density at radius 2 is 1.57 bits per heavy atom. The molecule has 9 unspecified atom stereocenters. The van der Waals surface area contributed by atoms with Crippen LogP contribution >= 0.6 is 0 Å². The molecule has 0 saturated heterocycles. The average Bonchev–Trinajstić information content (AvgIpc) is 3.04. The molecule has 0 radical (unpaired) electrons. The highest BCUT2D eigenvalue weighted by Crippen LogP contribution is 2.66. The normalized spacial score (nSPS) is 46.5. The Balaban J connectivity index is 0.00000109. The van der Waals surface area contributed by atoms with Crippen LogP contribution in [0.4, 0.5) is 13.2 Å². The Hall–Kier alpha value is -0.210. The first kappa shape index (κ1) is 22.5. The van der Waals surface area contributed by atoms with Gasteiger partial charge in [-0.15, -0.1) is 0 Å². The molecule has 0 aromatic heterocycles. The fourth-order valence-electron chi connectivity index (χ4n) is 8.41. The van der Waals surface area contributed by atoms with Gasteiger partial charge < -0.3 is 0 Å². The fourth-order valence-corrected chi connectivity index (χ4v) is 8.41. The third-order valence-electron chi connectivity index (χ3n) is 9.82. The van der Waals surface area contributed by atoms with Crippen LogP contribution in [0.3, 0.4) is 0 Å². The Labute approximate surface area is 171 Å². The summed E-state index contributed by atoms with van der Waals surface area (Å²) in [5.74, 6) is 4.02. The molecule has 0 spiro atoms. The fraction of sp³-hybridized carbons (Fsp3) is 1.00. The molecule has 0 amide bonds. The number of fused-ring (bicyclic) bond motifs is 5. The molecule has 4 aliphatic carbocycles. The van der Waals surface area contributed by atoms with Gasteiger partial charge in [-0.3, -0.25) is 0 Å². The van der Waals surface area contributed by atoms with E-state index in [4.69, 9.17) is 0 Å². The summed E-state index contributed by atoms with van der Waals surface area (Å²) in [4.78, 5) is 0. The van der Waals surface area contributed by atoms with Crippen LogP contribution in [0, 0.1) is 52.8 Å². The average molecular weight is 401 g/mol. The highest BCUT2D eigenvalue weighted by molar-refractivity contribution is 5.06. The molecule has 4 rings (SSSR count). The number of hydrogen-bond donors (Lipinski definition) is 0. The first-order chi connectivity index (χ1) is 13.3. The molecule has 0 aromatic rings. The molecule has 4 aliphatic rings. The Kier molecular flexibility index (Phi) is 6.82. The molecule has 0 N–H and O–H groups in total. The lowest BCUT2D eigenvalue weighted by Crippen LogP contribution is -2.49. The zero-order chi connectivity index (χ0) is 20.7. The molecule has 0 heterocycles. The second-order valence-electron chi connectivity index (χ2n) is 10.6. The summed E-state index contributed by atoms with van der Waals surface area (Å²) in [7, 11) is 0. The summed E-state index contributed by atoms with van der Waals surface area (Å²) in [5.41, 5.74) is 0.507. The van der Waals surface area contributed by atoms with Crippen molar-refractivity contribution in [1.82, 2.24) is 0 Å². The summed E-state index contributed by atoms with van der Waals surface area (Å²) in [6.45, 7) is 11.3.